The van der Waals surface area contributed by atoms with E-state index in [1.807, 2.05) is 17.5 Å². The van der Waals surface area contributed by atoms with Crippen LogP contribution in [0.3, 0.4) is 0 Å². The van der Waals surface area contributed by atoms with Gasteiger partial charge in [0, 0.05) is 18.3 Å². The summed E-state index contributed by atoms with van der Waals surface area (Å²) in [6.07, 6.45) is 3.61. The molecule has 0 saturated carbocycles. The van der Waals surface area contributed by atoms with Crippen LogP contribution in [0, 0.1) is 6.92 Å². The molecule has 2 N–H and O–H groups in total. The normalized spacial score (nSPS) is 11.4. The summed E-state index contributed by atoms with van der Waals surface area (Å²) in [5.41, 5.74) is 7.67. The lowest BCUT2D eigenvalue weighted by Gasteiger charge is -2.03. The maximum Gasteiger partial charge on any atom is 0.149 e. The van der Waals surface area contributed by atoms with Crippen LogP contribution in [0.15, 0.2) is 12.4 Å². The Morgan fingerprint density at radius 2 is 2.14 bits per heavy atom. The Kier molecular flexibility index (Phi) is 1.91. The minimum Gasteiger partial charge on any atom is -0.382 e. The van der Waals surface area contributed by atoms with E-state index in [4.69, 9.17) is 5.73 Å². The van der Waals surface area contributed by atoms with Crippen LogP contribution in [-0.2, 0) is 0 Å². The zero-order chi connectivity index (χ0) is 10.3. The van der Waals surface area contributed by atoms with Gasteiger partial charge in [-0.1, -0.05) is 13.8 Å². The second kappa shape index (κ2) is 2.97. The van der Waals surface area contributed by atoms with Crippen molar-refractivity contribution >= 4 is 11.3 Å². The van der Waals surface area contributed by atoms with Gasteiger partial charge in [0.15, 0.2) is 0 Å². The molecule has 2 aromatic heterocycles. The molecule has 4 heteroatoms. The Morgan fingerprint density at radius 1 is 1.43 bits per heavy atom. The summed E-state index contributed by atoms with van der Waals surface area (Å²) in [7, 11) is 0. The van der Waals surface area contributed by atoms with Crippen LogP contribution in [0.5, 0.6) is 0 Å². The van der Waals surface area contributed by atoms with Crippen LogP contribution in [0.4, 0.5) is 5.82 Å². The van der Waals surface area contributed by atoms with E-state index in [0.717, 1.165) is 17.0 Å². The van der Waals surface area contributed by atoms with E-state index in [9.17, 15) is 0 Å². The highest BCUT2D eigenvalue weighted by atomic mass is 15.1. The molecular formula is C10H14N4. The maximum absolute atomic E-state index is 5.80. The lowest BCUT2D eigenvalue weighted by atomic mass is 10.2. The van der Waals surface area contributed by atoms with E-state index in [1.54, 1.807) is 6.20 Å². The molecule has 0 radical (unpaired) electrons. The molecule has 0 aliphatic carbocycles. The number of nitrogens with two attached hydrogens (primary N) is 1. The highest BCUT2D eigenvalue weighted by Crippen LogP contribution is 2.21. The molecule has 0 aromatic carbocycles. The van der Waals surface area contributed by atoms with Crippen LogP contribution >= 0.6 is 0 Å². The van der Waals surface area contributed by atoms with Gasteiger partial charge in [0.25, 0.3) is 0 Å². The average molecular weight is 190 g/mol. The first kappa shape index (κ1) is 8.99. The summed E-state index contributed by atoms with van der Waals surface area (Å²) in [6.45, 7) is 6.19. The molecule has 0 unspecified atom stereocenters. The molecule has 4 nitrogen and oxygen atoms in total. The minimum absolute atomic E-state index is 0.387. The Bertz CT molecular complexity index is 470. The third-order valence-corrected chi connectivity index (χ3v) is 2.30. The SMILES string of the molecule is Cc1nc(C(C)C)n2ccnc(N)c12. The van der Waals surface area contributed by atoms with Crippen molar-refractivity contribution in [1.29, 1.82) is 0 Å². The first-order valence-corrected chi connectivity index (χ1v) is 4.70. The predicted molar refractivity (Wildman–Crippen MR) is 56.2 cm³/mol. The number of nitrogens with zero attached hydrogens (tertiary/aromatic N) is 3. The summed E-state index contributed by atoms with van der Waals surface area (Å²) in [4.78, 5) is 8.55. The van der Waals surface area contributed by atoms with Crippen LogP contribution in [0.1, 0.15) is 31.3 Å². The largest absolute Gasteiger partial charge is 0.382 e. The van der Waals surface area contributed by atoms with Crippen molar-refractivity contribution in [2.24, 2.45) is 0 Å². The van der Waals surface area contributed by atoms with Crippen LogP contribution in [-0.4, -0.2) is 14.4 Å². The lowest BCUT2D eigenvalue weighted by Crippen LogP contribution is -1.99. The molecule has 74 valence electrons. The highest BCUT2D eigenvalue weighted by molar-refractivity contribution is 5.68. The topological polar surface area (TPSA) is 56.2 Å². The maximum atomic E-state index is 5.80. The van der Waals surface area contributed by atoms with E-state index in [1.165, 1.54) is 0 Å². The van der Waals surface area contributed by atoms with Gasteiger partial charge in [-0.3, -0.25) is 4.40 Å². The molecule has 0 aliphatic heterocycles. The van der Waals surface area contributed by atoms with Crippen molar-refractivity contribution in [3.8, 4) is 0 Å². The van der Waals surface area contributed by atoms with E-state index in [2.05, 4.69) is 23.8 Å². The van der Waals surface area contributed by atoms with E-state index < -0.39 is 0 Å². The van der Waals surface area contributed by atoms with Gasteiger partial charge in [-0.2, -0.15) is 0 Å². The average Bonchev–Trinajstić information content (AvgIpc) is 2.45. The molecule has 0 amide bonds. The number of aromatic nitrogens is 3. The predicted octanol–water partition coefficient (Wildman–Crippen LogP) is 1.74. The van der Waals surface area contributed by atoms with Crippen molar-refractivity contribution in [2.45, 2.75) is 26.7 Å². The molecule has 2 aromatic rings. The molecule has 0 saturated heterocycles. The zero-order valence-electron chi connectivity index (χ0n) is 8.65. The smallest absolute Gasteiger partial charge is 0.149 e. The van der Waals surface area contributed by atoms with Gasteiger partial charge >= 0.3 is 0 Å². The molecule has 2 rings (SSSR count). The number of hydrogen-bond acceptors (Lipinski definition) is 3. The first-order chi connectivity index (χ1) is 6.61. The van der Waals surface area contributed by atoms with Crippen LogP contribution in [0.25, 0.3) is 5.52 Å². The van der Waals surface area contributed by atoms with Gasteiger partial charge in [-0.05, 0) is 6.92 Å². The number of aryl methyl sites for hydroxylation is 1. The number of anilines is 1. The molecule has 14 heavy (non-hydrogen) atoms. The Morgan fingerprint density at radius 3 is 2.79 bits per heavy atom. The Balaban J connectivity index is 2.84. The standard InChI is InChI=1S/C10H14N4/c1-6(2)10-13-7(3)8-9(11)12-4-5-14(8)10/h4-6H,1-3H3,(H2,11,12). The van der Waals surface area contributed by atoms with Gasteiger partial charge in [0.2, 0.25) is 0 Å². The fourth-order valence-corrected chi connectivity index (χ4v) is 1.68. The Labute approximate surface area is 82.8 Å². The van der Waals surface area contributed by atoms with Crippen LogP contribution in [0.2, 0.25) is 0 Å². The lowest BCUT2D eigenvalue weighted by molar-refractivity contribution is 0.767. The van der Waals surface area contributed by atoms with Gasteiger partial charge in [0.1, 0.15) is 17.2 Å². The first-order valence-electron chi connectivity index (χ1n) is 4.70. The number of imidazole rings is 1. The van der Waals surface area contributed by atoms with Gasteiger partial charge in [-0.15, -0.1) is 0 Å². The third-order valence-electron chi connectivity index (χ3n) is 2.30. The monoisotopic (exact) mass is 190 g/mol. The van der Waals surface area contributed by atoms with E-state index in [-0.39, 0.29) is 0 Å². The summed E-state index contributed by atoms with van der Waals surface area (Å²) in [5, 5.41) is 0. The highest BCUT2D eigenvalue weighted by Gasteiger charge is 2.12. The third kappa shape index (κ3) is 1.14. The van der Waals surface area contributed by atoms with Gasteiger partial charge in [-0.25, -0.2) is 9.97 Å². The summed E-state index contributed by atoms with van der Waals surface area (Å²) >= 11 is 0. The number of hydrogen-bond donors (Lipinski definition) is 1. The minimum atomic E-state index is 0.387. The molecule has 0 fully saturated rings. The molecule has 0 spiro atoms. The second-order valence-electron chi connectivity index (χ2n) is 3.74. The summed E-state index contributed by atoms with van der Waals surface area (Å²) in [5.74, 6) is 1.97. The second-order valence-corrected chi connectivity index (χ2v) is 3.74. The molecular weight excluding hydrogens is 176 g/mol. The van der Waals surface area contributed by atoms with Crippen LogP contribution < -0.4 is 5.73 Å². The van der Waals surface area contributed by atoms with Crippen molar-refractivity contribution in [3.63, 3.8) is 0 Å². The fourth-order valence-electron chi connectivity index (χ4n) is 1.68. The Hall–Kier alpha value is -1.58. The fraction of sp³-hybridized carbons (Fsp3) is 0.400. The molecule has 0 aliphatic rings. The number of fused-ring (bicyclic) bond motifs is 1. The zero-order valence-corrected chi connectivity index (χ0v) is 8.65. The van der Waals surface area contributed by atoms with Crippen molar-refractivity contribution in [3.05, 3.63) is 23.9 Å². The quantitative estimate of drug-likeness (QED) is 0.745. The van der Waals surface area contributed by atoms with Crippen molar-refractivity contribution in [1.82, 2.24) is 14.4 Å². The number of nitrogen functional groups attached to an aromatic ring is 1. The number of rotatable bonds is 1. The van der Waals surface area contributed by atoms with Crippen molar-refractivity contribution in [2.75, 3.05) is 5.73 Å². The summed E-state index contributed by atoms with van der Waals surface area (Å²) < 4.78 is 2.02. The van der Waals surface area contributed by atoms with E-state index in [0.29, 0.717) is 11.7 Å². The summed E-state index contributed by atoms with van der Waals surface area (Å²) in [6, 6.07) is 0. The van der Waals surface area contributed by atoms with Gasteiger partial charge < -0.3 is 5.73 Å². The van der Waals surface area contributed by atoms with Gasteiger partial charge in [0.05, 0.1) is 5.69 Å². The van der Waals surface area contributed by atoms with Crippen molar-refractivity contribution < 1.29 is 0 Å². The molecule has 2 heterocycles. The molecule has 0 atom stereocenters. The molecule has 0 bridgehead atoms. The van der Waals surface area contributed by atoms with E-state index >= 15 is 0 Å².